The van der Waals surface area contributed by atoms with Crippen LogP contribution in [0.1, 0.15) is 32.8 Å². The summed E-state index contributed by atoms with van der Waals surface area (Å²) in [6.07, 6.45) is 1.47. The molecule has 1 aromatic rings. The van der Waals surface area contributed by atoms with Crippen LogP contribution in [0.4, 0.5) is 0 Å². The Morgan fingerprint density at radius 3 is 2.33 bits per heavy atom. The second-order valence-corrected chi connectivity index (χ2v) is 4.07. The van der Waals surface area contributed by atoms with Gasteiger partial charge in [-0.25, -0.2) is 0 Å². The van der Waals surface area contributed by atoms with Crippen LogP contribution in [0.5, 0.6) is 5.75 Å². The van der Waals surface area contributed by atoms with Crippen molar-refractivity contribution in [3.05, 3.63) is 29.8 Å². The number of esters is 1. The van der Waals surface area contributed by atoms with E-state index in [2.05, 4.69) is 13.8 Å². The third-order valence-corrected chi connectivity index (χ3v) is 2.09. The smallest absolute Gasteiger partial charge is 0.310 e. The molecule has 0 unspecified atom stereocenters. The van der Waals surface area contributed by atoms with Crippen LogP contribution in [-0.4, -0.2) is 5.97 Å². The summed E-state index contributed by atoms with van der Waals surface area (Å²) in [6, 6.07) is 7.73. The van der Waals surface area contributed by atoms with E-state index in [0.29, 0.717) is 18.1 Å². The second kappa shape index (κ2) is 5.54. The van der Waals surface area contributed by atoms with Crippen molar-refractivity contribution in [2.75, 3.05) is 0 Å². The van der Waals surface area contributed by atoms with Gasteiger partial charge < -0.3 is 4.74 Å². The van der Waals surface area contributed by atoms with Gasteiger partial charge in [-0.1, -0.05) is 32.9 Å². The molecule has 0 saturated heterocycles. The molecule has 0 aromatic heterocycles. The molecule has 0 atom stereocenters. The lowest BCUT2D eigenvalue weighted by molar-refractivity contribution is -0.134. The molecule has 0 fully saturated rings. The van der Waals surface area contributed by atoms with Gasteiger partial charge in [0.05, 0.1) is 0 Å². The molecule has 0 N–H and O–H groups in total. The van der Waals surface area contributed by atoms with Crippen molar-refractivity contribution in [3.8, 4) is 5.75 Å². The highest BCUT2D eigenvalue weighted by Gasteiger charge is 2.02. The van der Waals surface area contributed by atoms with E-state index in [1.165, 1.54) is 5.56 Å². The van der Waals surface area contributed by atoms with E-state index < -0.39 is 0 Å². The molecule has 1 aromatic carbocycles. The van der Waals surface area contributed by atoms with Crippen LogP contribution in [-0.2, 0) is 11.2 Å². The lowest BCUT2D eigenvalue weighted by Gasteiger charge is -2.06. The zero-order valence-corrected chi connectivity index (χ0v) is 9.62. The maximum Gasteiger partial charge on any atom is 0.310 e. The highest BCUT2D eigenvalue weighted by Crippen LogP contribution is 2.15. The number of rotatable bonds is 4. The van der Waals surface area contributed by atoms with Crippen LogP contribution in [0.3, 0.4) is 0 Å². The van der Waals surface area contributed by atoms with Gasteiger partial charge in [-0.15, -0.1) is 0 Å². The Bertz CT molecular complexity index is 312. The summed E-state index contributed by atoms with van der Waals surface area (Å²) in [5, 5.41) is 0. The lowest BCUT2D eigenvalue weighted by atomic mass is 10.0. The molecule has 0 aliphatic heterocycles. The van der Waals surface area contributed by atoms with Gasteiger partial charge in [-0.3, -0.25) is 4.79 Å². The van der Waals surface area contributed by atoms with Crippen molar-refractivity contribution in [3.63, 3.8) is 0 Å². The summed E-state index contributed by atoms with van der Waals surface area (Å²) >= 11 is 0. The predicted octanol–water partition coefficient (Wildman–Crippen LogP) is 3.20. The summed E-state index contributed by atoms with van der Waals surface area (Å²) in [6.45, 7) is 6.16. The van der Waals surface area contributed by atoms with Crippen molar-refractivity contribution in [1.29, 1.82) is 0 Å². The van der Waals surface area contributed by atoms with E-state index >= 15 is 0 Å². The Balaban J connectivity index is 2.60. The fraction of sp³-hybridized carbons (Fsp3) is 0.462. The molecule has 0 bridgehead atoms. The van der Waals surface area contributed by atoms with Crippen molar-refractivity contribution < 1.29 is 9.53 Å². The standard InChI is InChI=1S/C13H18O2/c1-4-13(14)15-12-7-5-11(6-8-12)9-10(2)3/h5-8,10H,4,9H2,1-3H3. The van der Waals surface area contributed by atoms with Gasteiger partial charge in [-0.05, 0) is 30.0 Å². The quantitative estimate of drug-likeness (QED) is 0.558. The Labute approximate surface area is 91.3 Å². The first kappa shape index (κ1) is 11.8. The topological polar surface area (TPSA) is 26.3 Å². The fourth-order valence-electron chi connectivity index (χ4n) is 1.37. The molecule has 1 rings (SSSR count). The minimum Gasteiger partial charge on any atom is -0.427 e. The molecule has 0 aliphatic carbocycles. The molecule has 0 amide bonds. The van der Waals surface area contributed by atoms with Gasteiger partial charge >= 0.3 is 5.97 Å². The number of carbonyl (C=O) groups excluding carboxylic acids is 1. The number of ether oxygens (including phenoxy) is 1. The number of hydrogen-bond acceptors (Lipinski definition) is 2. The first-order valence-corrected chi connectivity index (χ1v) is 5.41. The van der Waals surface area contributed by atoms with Crippen LogP contribution in [0.25, 0.3) is 0 Å². The second-order valence-electron chi connectivity index (χ2n) is 4.07. The maximum atomic E-state index is 11.0. The molecular weight excluding hydrogens is 188 g/mol. The first-order valence-electron chi connectivity index (χ1n) is 5.41. The van der Waals surface area contributed by atoms with E-state index in [1.54, 1.807) is 6.92 Å². The molecule has 0 spiro atoms. The highest BCUT2D eigenvalue weighted by atomic mass is 16.5. The van der Waals surface area contributed by atoms with Crippen LogP contribution >= 0.6 is 0 Å². The maximum absolute atomic E-state index is 11.0. The summed E-state index contributed by atoms with van der Waals surface area (Å²) in [4.78, 5) is 11.0. The molecule has 0 saturated carbocycles. The van der Waals surface area contributed by atoms with Gasteiger partial charge in [0, 0.05) is 6.42 Å². The minimum atomic E-state index is -0.188. The third kappa shape index (κ3) is 4.15. The monoisotopic (exact) mass is 206 g/mol. The molecule has 0 aliphatic rings. The van der Waals surface area contributed by atoms with Crippen molar-refractivity contribution >= 4 is 5.97 Å². The molecule has 0 heterocycles. The van der Waals surface area contributed by atoms with Crippen LogP contribution in [0.15, 0.2) is 24.3 Å². The average molecular weight is 206 g/mol. The zero-order chi connectivity index (χ0) is 11.3. The van der Waals surface area contributed by atoms with E-state index in [1.807, 2.05) is 24.3 Å². The SMILES string of the molecule is CCC(=O)Oc1ccc(CC(C)C)cc1. The van der Waals surface area contributed by atoms with E-state index in [4.69, 9.17) is 4.74 Å². The molecular formula is C13H18O2. The van der Waals surface area contributed by atoms with Crippen molar-refractivity contribution in [2.24, 2.45) is 5.92 Å². The Morgan fingerprint density at radius 2 is 1.87 bits per heavy atom. The lowest BCUT2D eigenvalue weighted by Crippen LogP contribution is -2.05. The number of hydrogen-bond donors (Lipinski definition) is 0. The molecule has 82 valence electrons. The third-order valence-electron chi connectivity index (χ3n) is 2.09. The van der Waals surface area contributed by atoms with Crippen LogP contribution in [0, 0.1) is 5.92 Å². The Hall–Kier alpha value is -1.31. The van der Waals surface area contributed by atoms with Gasteiger partial charge in [0.2, 0.25) is 0 Å². The average Bonchev–Trinajstić information content (AvgIpc) is 2.20. The molecule has 0 radical (unpaired) electrons. The fourth-order valence-corrected chi connectivity index (χ4v) is 1.37. The summed E-state index contributed by atoms with van der Waals surface area (Å²) in [7, 11) is 0. The summed E-state index contributed by atoms with van der Waals surface area (Å²) in [5.74, 6) is 1.09. The van der Waals surface area contributed by atoms with Crippen LogP contribution < -0.4 is 4.74 Å². The molecule has 2 heteroatoms. The Morgan fingerprint density at radius 1 is 1.27 bits per heavy atom. The number of benzene rings is 1. The molecule has 15 heavy (non-hydrogen) atoms. The first-order chi connectivity index (χ1) is 7.11. The van der Waals surface area contributed by atoms with Gasteiger partial charge in [0.15, 0.2) is 0 Å². The van der Waals surface area contributed by atoms with E-state index in [0.717, 1.165) is 6.42 Å². The van der Waals surface area contributed by atoms with Gasteiger partial charge in [0.1, 0.15) is 5.75 Å². The van der Waals surface area contributed by atoms with Crippen molar-refractivity contribution in [1.82, 2.24) is 0 Å². The van der Waals surface area contributed by atoms with E-state index in [-0.39, 0.29) is 5.97 Å². The minimum absolute atomic E-state index is 0.188. The number of carbonyl (C=O) groups is 1. The summed E-state index contributed by atoms with van der Waals surface area (Å²) < 4.78 is 5.08. The Kier molecular flexibility index (Phi) is 4.35. The normalized spacial score (nSPS) is 10.4. The largest absolute Gasteiger partial charge is 0.427 e. The highest BCUT2D eigenvalue weighted by molar-refractivity contribution is 5.71. The predicted molar refractivity (Wildman–Crippen MR) is 60.9 cm³/mol. The zero-order valence-electron chi connectivity index (χ0n) is 9.62. The van der Waals surface area contributed by atoms with E-state index in [9.17, 15) is 4.79 Å². The summed E-state index contributed by atoms with van der Waals surface area (Å²) in [5.41, 5.74) is 1.28. The molecule has 2 nitrogen and oxygen atoms in total. The van der Waals surface area contributed by atoms with Gasteiger partial charge in [0.25, 0.3) is 0 Å². The van der Waals surface area contributed by atoms with Crippen LogP contribution in [0.2, 0.25) is 0 Å². The van der Waals surface area contributed by atoms with Crippen molar-refractivity contribution in [2.45, 2.75) is 33.6 Å². The van der Waals surface area contributed by atoms with Gasteiger partial charge in [-0.2, -0.15) is 0 Å².